The maximum absolute atomic E-state index is 11.6. The summed E-state index contributed by atoms with van der Waals surface area (Å²) in [6.07, 6.45) is 1.47. The predicted molar refractivity (Wildman–Crippen MR) is 76.6 cm³/mol. The molecule has 112 valence electrons. The lowest BCUT2D eigenvalue weighted by atomic mass is 10.2. The third-order valence-corrected chi connectivity index (χ3v) is 2.93. The number of aliphatic hydroxyl groups is 1. The highest BCUT2D eigenvalue weighted by molar-refractivity contribution is 5.75. The van der Waals surface area contributed by atoms with Crippen LogP contribution < -0.4 is 10.1 Å². The van der Waals surface area contributed by atoms with Crippen molar-refractivity contribution in [3.05, 3.63) is 29.8 Å². The molecule has 0 saturated heterocycles. The molecule has 1 rings (SSSR count). The Kier molecular flexibility index (Phi) is 7.69. The molecular weight excluding hydrogens is 258 g/mol. The van der Waals surface area contributed by atoms with E-state index in [0.717, 1.165) is 18.5 Å². The zero-order valence-corrected chi connectivity index (χ0v) is 12.1. The Hall–Kier alpha value is -1.59. The van der Waals surface area contributed by atoms with Gasteiger partial charge < -0.3 is 19.9 Å². The van der Waals surface area contributed by atoms with Gasteiger partial charge in [0, 0.05) is 12.0 Å². The third kappa shape index (κ3) is 5.19. The molecular formula is C15H23NO4. The number of carbonyl (C=O) groups is 1. The molecule has 1 atom stereocenters. The van der Waals surface area contributed by atoms with Gasteiger partial charge in [0.25, 0.3) is 0 Å². The van der Waals surface area contributed by atoms with Crippen LogP contribution in [-0.4, -0.2) is 37.4 Å². The lowest BCUT2D eigenvalue weighted by Gasteiger charge is -2.17. The van der Waals surface area contributed by atoms with E-state index in [0.29, 0.717) is 18.8 Å². The predicted octanol–water partition coefficient (Wildman–Crippen LogP) is 1.49. The molecule has 5 heteroatoms. The van der Waals surface area contributed by atoms with Crippen molar-refractivity contribution in [1.29, 1.82) is 0 Å². The highest BCUT2D eigenvalue weighted by atomic mass is 16.5. The third-order valence-electron chi connectivity index (χ3n) is 2.93. The summed E-state index contributed by atoms with van der Waals surface area (Å²) in [5.41, 5.74) is 0.739. The molecule has 0 bridgehead atoms. The van der Waals surface area contributed by atoms with Crippen molar-refractivity contribution in [2.45, 2.75) is 32.4 Å². The van der Waals surface area contributed by atoms with Gasteiger partial charge >= 0.3 is 5.97 Å². The molecule has 0 saturated carbocycles. The van der Waals surface area contributed by atoms with Gasteiger partial charge in [-0.1, -0.05) is 25.1 Å². The monoisotopic (exact) mass is 281 g/mol. The summed E-state index contributed by atoms with van der Waals surface area (Å²) >= 11 is 0. The van der Waals surface area contributed by atoms with Crippen LogP contribution in [0, 0.1) is 0 Å². The van der Waals surface area contributed by atoms with E-state index in [1.807, 2.05) is 25.1 Å². The van der Waals surface area contributed by atoms with Gasteiger partial charge in [-0.05, 0) is 19.0 Å². The minimum Gasteiger partial charge on any atom is -0.493 e. The fourth-order valence-electron chi connectivity index (χ4n) is 1.83. The smallest absolute Gasteiger partial charge is 0.322 e. The Morgan fingerprint density at radius 1 is 1.40 bits per heavy atom. The van der Waals surface area contributed by atoms with Gasteiger partial charge in [-0.15, -0.1) is 0 Å². The number of methoxy groups -OCH3 is 1. The van der Waals surface area contributed by atoms with Gasteiger partial charge in [-0.2, -0.15) is 0 Å². The molecule has 1 unspecified atom stereocenters. The van der Waals surface area contributed by atoms with E-state index < -0.39 is 0 Å². The fraction of sp³-hybridized carbons (Fsp3) is 0.533. The maximum Gasteiger partial charge on any atom is 0.322 e. The van der Waals surface area contributed by atoms with Gasteiger partial charge in [0.05, 0.1) is 20.3 Å². The van der Waals surface area contributed by atoms with Crippen LogP contribution in [0.2, 0.25) is 0 Å². The van der Waals surface area contributed by atoms with Crippen LogP contribution in [0.25, 0.3) is 0 Å². The van der Waals surface area contributed by atoms with E-state index in [2.05, 4.69) is 5.32 Å². The van der Waals surface area contributed by atoms with Crippen LogP contribution in [-0.2, 0) is 16.1 Å². The number of carbonyl (C=O) groups excluding carboxylic acids is 1. The Morgan fingerprint density at radius 3 is 2.80 bits per heavy atom. The van der Waals surface area contributed by atoms with Crippen LogP contribution in [0.1, 0.15) is 25.3 Å². The molecule has 0 aliphatic heterocycles. The number of benzene rings is 1. The van der Waals surface area contributed by atoms with Gasteiger partial charge in [-0.3, -0.25) is 4.79 Å². The number of para-hydroxylation sites is 1. The molecule has 0 aromatic heterocycles. The van der Waals surface area contributed by atoms with Crippen LogP contribution >= 0.6 is 0 Å². The SMILES string of the molecule is CCCNC(CCOc1ccccc1CO)C(=O)OC. The van der Waals surface area contributed by atoms with Gasteiger partial charge in [0.2, 0.25) is 0 Å². The molecule has 0 spiro atoms. The summed E-state index contributed by atoms with van der Waals surface area (Å²) in [7, 11) is 1.38. The molecule has 0 amide bonds. The van der Waals surface area contributed by atoms with E-state index in [1.54, 1.807) is 6.07 Å². The van der Waals surface area contributed by atoms with E-state index in [4.69, 9.17) is 9.47 Å². The summed E-state index contributed by atoms with van der Waals surface area (Å²) in [5, 5.41) is 12.3. The number of hydrogen-bond donors (Lipinski definition) is 2. The van der Waals surface area contributed by atoms with Crippen molar-refractivity contribution < 1.29 is 19.4 Å². The van der Waals surface area contributed by atoms with E-state index in [-0.39, 0.29) is 18.6 Å². The van der Waals surface area contributed by atoms with Crippen LogP contribution in [0.4, 0.5) is 0 Å². The molecule has 20 heavy (non-hydrogen) atoms. The lowest BCUT2D eigenvalue weighted by molar-refractivity contribution is -0.143. The summed E-state index contributed by atoms with van der Waals surface area (Å²) in [6.45, 7) is 3.11. The number of aliphatic hydroxyl groups excluding tert-OH is 1. The van der Waals surface area contributed by atoms with Crippen molar-refractivity contribution in [2.24, 2.45) is 0 Å². The first kappa shape index (κ1) is 16.5. The molecule has 0 radical (unpaired) electrons. The second-order valence-corrected chi connectivity index (χ2v) is 4.43. The zero-order valence-electron chi connectivity index (χ0n) is 12.1. The quantitative estimate of drug-likeness (QED) is 0.671. The Bertz CT molecular complexity index is 409. The highest BCUT2D eigenvalue weighted by Gasteiger charge is 2.18. The number of hydrogen-bond acceptors (Lipinski definition) is 5. The average Bonchev–Trinajstić information content (AvgIpc) is 2.50. The molecule has 0 aliphatic rings. The number of nitrogens with one attached hydrogen (secondary N) is 1. The maximum atomic E-state index is 11.6. The van der Waals surface area contributed by atoms with Crippen molar-refractivity contribution >= 4 is 5.97 Å². The molecule has 5 nitrogen and oxygen atoms in total. The largest absolute Gasteiger partial charge is 0.493 e. The van der Waals surface area contributed by atoms with Gasteiger partial charge in [-0.25, -0.2) is 0 Å². The second kappa shape index (κ2) is 9.34. The van der Waals surface area contributed by atoms with Crippen LogP contribution in [0.5, 0.6) is 5.75 Å². The van der Waals surface area contributed by atoms with Gasteiger partial charge in [0.1, 0.15) is 11.8 Å². The van der Waals surface area contributed by atoms with Crippen LogP contribution in [0.15, 0.2) is 24.3 Å². The first-order valence-electron chi connectivity index (χ1n) is 6.85. The highest BCUT2D eigenvalue weighted by Crippen LogP contribution is 2.17. The van der Waals surface area contributed by atoms with E-state index >= 15 is 0 Å². The minimum absolute atomic E-state index is 0.0648. The van der Waals surface area contributed by atoms with E-state index in [1.165, 1.54) is 7.11 Å². The van der Waals surface area contributed by atoms with Crippen LogP contribution in [0.3, 0.4) is 0 Å². The van der Waals surface area contributed by atoms with Crippen molar-refractivity contribution in [1.82, 2.24) is 5.32 Å². The molecule has 0 aliphatic carbocycles. The molecule has 2 N–H and O–H groups in total. The first-order chi connectivity index (χ1) is 9.72. The summed E-state index contributed by atoms with van der Waals surface area (Å²) in [6, 6.07) is 6.95. The van der Waals surface area contributed by atoms with Crippen molar-refractivity contribution in [3.8, 4) is 5.75 Å². The number of esters is 1. The molecule has 0 fully saturated rings. The number of rotatable bonds is 9. The van der Waals surface area contributed by atoms with Gasteiger partial charge in [0.15, 0.2) is 0 Å². The average molecular weight is 281 g/mol. The number of ether oxygens (including phenoxy) is 2. The lowest BCUT2D eigenvalue weighted by Crippen LogP contribution is -2.39. The Morgan fingerprint density at radius 2 is 2.15 bits per heavy atom. The second-order valence-electron chi connectivity index (χ2n) is 4.43. The summed E-state index contributed by atoms with van der Waals surface area (Å²) in [4.78, 5) is 11.6. The molecule has 0 heterocycles. The Balaban J connectivity index is 2.48. The van der Waals surface area contributed by atoms with Crippen molar-refractivity contribution in [2.75, 3.05) is 20.3 Å². The first-order valence-corrected chi connectivity index (χ1v) is 6.85. The molecule has 1 aromatic rings. The topological polar surface area (TPSA) is 67.8 Å². The standard InChI is InChI=1S/C15H23NO4/c1-3-9-16-13(15(18)19-2)8-10-20-14-7-5-4-6-12(14)11-17/h4-7,13,16-17H,3,8-11H2,1-2H3. The fourth-order valence-corrected chi connectivity index (χ4v) is 1.83. The molecule has 1 aromatic carbocycles. The normalized spacial score (nSPS) is 11.9. The summed E-state index contributed by atoms with van der Waals surface area (Å²) < 4.78 is 10.4. The van der Waals surface area contributed by atoms with Crippen molar-refractivity contribution in [3.63, 3.8) is 0 Å². The zero-order chi connectivity index (χ0) is 14.8. The summed E-state index contributed by atoms with van der Waals surface area (Å²) in [5.74, 6) is 0.367. The minimum atomic E-state index is -0.360. The van der Waals surface area contributed by atoms with E-state index in [9.17, 15) is 9.90 Å². The Labute approximate surface area is 119 Å².